The van der Waals surface area contributed by atoms with Gasteiger partial charge in [-0.15, -0.1) is 0 Å². The zero-order valence-electron chi connectivity index (χ0n) is 10.5. The van der Waals surface area contributed by atoms with Gasteiger partial charge >= 0.3 is 5.97 Å². The summed E-state index contributed by atoms with van der Waals surface area (Å²) >= 11 is 3.48. The number of aromatic nitrogens is 1. The third kappa shape index (κ3) is 3.12. The molecule has 5 heteroatoms. The monoisotopic (exact) mass is 321 g/mol. The number of carboxylic acids is 1. The van der Waals surface area contributed by atoms with E-state index in [1.54, 1.807) is 12.1 Å². The van der Waals surface area contributed by atoms with Crippen molar-refractivity contribution in [2.24, 2.45) is 0 Å². The fourth-order valence-electron chi connectivity index (χ4n) is 1.68. The molecular weight excluding hydrogens is 310 g/mol. The van der Waals surface area contributed by atoms with E-state index in [-0.39, 0.29) is 11.6 Å². The molecule has 0 amide bonds. The van der Waals surface area contributed by atoms with Crippen molar-refractivity contribution in [2.45, 2.75) is 13.8 Å². The normalized spacial score (nSPS) is 10.3. The minimum absolute atomic E-state index is 0.0388. The average Bonchev–Trinajstić information content (AvgIpc) is 2.36. The number of benzene rings is 1. The van der Waals surface area contributed by atoms with Gasteiger partial charge in [0.2, 0.25) is 5.88 Å². The van der Waals surface area contributed by atoms with E-state index >= 15 is 0 Å². The maximum absolute atomic E-state index is 10.8. The molecule has 1 aromatic heterocycles. The molecule has 0 fully saturated rings. The second-order valence-electron chi connectivity index (χ2n) is 4.14. The molecule has 0 aliphatic heterocycles. The Hall–Kier alpha value is -1.88. The van der Waals surface area contributed by atoms with Crippen LogP contribution in [0.3, 0.4) is 0 Å². The van der Waals surface area contributed by atoms with Gasteiger partial charge in [0.05, 0.1) is 0 Å². The Morgan fingerprint density at radius 3 is 2.47 bits per heavy atom. The zero-order chi connectivity index (χ0) is 14.0. The van der Waals surface area contributed by atoms with Crippen LogP contribution in [0.4, 0.5) is 0 Å². The van der Waals surface area contributed by atoms with Crippen LogP contribution in [-0.2, 0) is 0 Å². The average molecular weight is 322 g/mol. The van der Waals surface area contributed by atoms with E-state index in [0.717, 1.165) is 15.6 Å². The highest BCUT2D eigenvalue weighted by Gasteiger charge is 2.08. The number of aryl methyl sites for hydroxylation is 2. The first-order valence-corrected chi connectivity index (χ1v) is 6.41. The minimum atomic E-state index is -1.08. The molecule has 0 bridgehead atoms. The molecule has 98 valence electrons. The van der Waals surface area contributed by atoms with Crippen LogP contribution in [0.1, 0.15) is 21.6 Å². The number of aromatic carboxylic acids is 1. The van der Waals surface area contributed by atoms with Gasteiger partial charge in [0.25, 0.3) is 0 Å². The first kappa shape index (κ1) is 13.5. The molecule has 0 radical (unpaired) electrons. The van der Waals surface area contributed by atoms with Crippen LogP contribution in [0, 0.1) is 13.8 Å². The molecule has 0 unspecified atom stereocenters. The molecule has 4 nitrogen and oxygen atoms in total. The van der Waals surface area contributed by atoms with Gasteiger partial charge in [-0.2, -0.15) is 0 Å². The molecule has 1 aromatic carbocycles. The van der Waals surface area contributed by atoms with Crippen molar-refractivity contribution in [1.82, 2.24) is 4.98 Å². The summed E-state index contributed by atoms with van der Waals surface area (Å²) in [6, 6.07) is 8.38. The predicted molar refractivity (Wildman–Crippen MR) is 74.9 cm³/mol. The van der Waals surface area contributed by atoms with Crippen molar-refractivity contribution >= 4 is 21.9 Å². The number of hydrogen-bond donors (Lipinski definition) is 1. The maximum Gasteiger partial charge on any atom is 0.354 e. The topological polar surface area (TPSA) is 59.4 Å². The van der Waals surface area contributed by atoms with Crippen molar-refractivity contribution < 1.29 is 14.6 Å². The summed E-state index contributed by atoms with van der Waals surface area (Å²) in [4.78, 5) is 14.8. The summed E-state index contributed by atoms with van der Waals surface area (Å²) in [6.07, 6.45) is 0. The van der Waals surface area contributed by atoms with Crippen molar-refractivity contribution in [1.29, 1.82) is 0 Å². The fraction of sp³-hybridized carbons (Fsp3) is 0.143. The number of ether oxygens (including phenoxy) is 1. The number of nitrogens with zero attached hydrogens (tertiary/aromatic N) is 1. The number of carbonyl (C=O) groups is 1. The second kappa shape index (κ2) is 5.40. The van der Waals surface area contributed by atoms with Crippen LogP contribution in [0.2, 0.25) is 0 Å². The maximum atomic E-state index is 10.8. The van der Waals surface area contributed by atoms with Gasteiger partial charge in [-0.1, -0.05) is 22.0 Å². The Balaban J connectivity index is 2.31. The molecule has 0 aliphatic carbocycles. The Bertz CT molecular complexity index is 617. The third-order valence-electron chi connectivity index (χ3n) is 2.58. The Morgan fingerprint density at radius 2 is 1.89 bits per heavy atom. The predicted octanol–water partition coefficient (Wildman–Crippen LogP) is 3.95. The quantitative estimate of drug-likeness (QED) is 0.929. The zero-order valence-corrected chi connectivity index (χ0v) is 12.1. The minimum Gasteiger partial charge on any atom is -0.477 e. The molecule has 19 heavy (non-hydrogen) atoms. The lowest BCUT2D eigenvalue weighted by atomic mass is 10.1. The van der Waals surface area contributed by atoms with E-state index in [9.17, 15) is 4.79 Å². The molecule has 1 N–H and O–H groups in total. The van der Waals surface area contributed by atoms with Crippen molar-refractivity contribution in [3.8, 4) is 11.6 Å². The molecule has 2 rings (SSSR count). The van der Waals surface area contributed by atoms with E-state index in [4.69, 9.17) is 9.84 Å². The number of hydrogen-bond acceptors (Lipinski definition) is 3. The van der Waals surface area contributed by atoms with E-state index in [1.165, 1.54) is 6.07 Å². The molecule has 0 saturated carbocycles. The van der Waals surface area contributed by atoms with Gasteiger partial charge in [0.15, 0.2) is 5.69 Å². The van der Waals surface area contributed by atoms with Crippen LogP contribution >= 0.6 is 15.9 Å². The Labute approximate surface area is 119 Å². The third-order valence-corrected chi connectivity index (χ3v) is 3.83. The Kier molecular flexibility index (Phi) is 3.85. The van der Waals surface area contributed by atoms with Crippen molar-refractivity contribution in [3.63, 3.8) is 0 Å². The SMILES string of the molecule is Cc1cc(Oc2cccc(C(=O)O)n2)cc(C)c1Br. The second-order valence-corrected chi connectivity index (χ2v) is 4.93. The number of rotatable bonds is 3. The summed E-state index contributed by atoms with van der Waals surface area (Å²) in [6.45, 7) is 3.93. The van der Waals surface area contributed by atoms with Crippen LogP contribution in [0.15, 0.2) is 34.8 Å². The summed E-state index contributed by atoms with van der Waals surface area (Å²) in [5.74, 6) is -0.178. The summed E-state index contributed by atoms with van der Waals surface area (Å²) in [5.41, 5.74) is 2.05. The molecule has 2 aromatic rings. The van der Waals surface area contributed by atoms with E-state index < -0.39 is 5.97 Å². The highest BCUT2D eigenvalue weighted by molar-refractivity contribution is 9.10. The molecule has 1 heterocycles. The van der Waals surface area contributed by atoms with Crippen LogP contribution in [0.5, 0.6) is 11.6 Å². The highest BCUT2D eigenvalue weighted by Crippen LogP contribution is 2.28. The fourth-order valence-corrected chi connectivity index (χ4v) is 1.91. The van der Waals surface area contributed by atoms with Gasteiger partial charge in [0.1, 0.15) is 5.75 Å². The van der Waals surface area contributed by atoms with Gasteiger partial charge in [-0.25, -0.2) is 9.78 Å². The van der Waals surface area contributed by atoms with E-state index in [0.29, 0.717) is 5.75 Å². The van der Waals surface area contributed by atoms with Crippen LogP contribution in [-0.4, -0.2) is 16.1 Å². The highest BCUT2D eigenvalue weighted by atomic mass is 79.9. The lowest BCUT2D eigenvalue weighted by Gasteiger charge is -2.09. The lowest BCUT2D eigenvalue weighted by molar-refractivity contribution is 0.0689. The number of halogens is 1. The molecule has 0 saturated heterocycles. The molecular formula is C14H12BrNO3. The largest absolute Gasteiger partial charge is 0.477 e. The van der Waals surface area contributed by atoms with Gasteiger partial charge < -0.3 is 9.84 Å². The van der Waals surface area contributed by atoms with Crippen LogP contribution in [0.25, 0.3) is 0 Å². The Morgan fingerprint density at radius 1 is 1.26 bits per heavy atom. The smallest absolute Gasteiger partial charge is 0.354 e. The number of pyridine rings is 1. The summed E-state index contributed by atoms with van der Waals surface area (Å²) in [5, 5.41) is 8.88. The van der Waals surface area contributed by atoms with Gasteiger partial charge in [-0.05, 0) is 43.2 Å². The first-order chi connectivity index (χ1) is 8.97. The van der Waals surface area contributed by atoms with Crippen molar-refractivity contribution in [3.05, 3.63) is 51.6 Å². The molecule has 0 spiro atoms. The van der Waals surface area contributed by atoms with Gasteiger partial charge in [-0.3, -0.25) is 0 Å². The van der Waals surface area contributed by atoms with Gasteiger partial charge in [0, 0.05) is 10.5 Å². The van der Waals surface area contributed by atoms with Crippen molar-refractivity contribution in [2.75, 3.05) is 0 Å². The standard InChI is InChI=1S/C14H12BrNO3/c1-8-6-10(7-9(2)13(8)15)19-12-5-3-4-11(16-12)14(17)18/h3-7H,1-2H3,(H,17,18). The summed E-state index contributed by atoms with van der Waals surface area (Å²) in [7, 11) is 0. The molecule has 0 aliphatic rings. The number of carboxylic acid groups (broad SMARTS) is 1. The molecule has 0 atom stereocenters. The van der Waals surface area contributed by atoms with Crippen LogP contribution < -0.4 is 4.74 Å². The first-order valence-electron chi connectivity index (χ1n) is 5.62. The van der Waals surface area contributed by atoms with E-state index in [1.807, 2.05) is 26.0 Å². The summed E-state index contributed by atoms with van der Waals surface area (Å²) < 4.78 is 6.62. The van der Waals surface area contributed by atoms with E-state index in [2.05, 4.69) is 20.9 Å². The lowest BCUT2D eigenvalue weighted by Crippen LogP contribution is -2.00.